The van der Waals surface area contributed by atoms with Crippen LogP contribution in [0.1, 0.15) is 51.2 Å². The number of non-ortho nitro benzene ring substituents is 1. The molecule has 0 atom stereocenters. The minimum atomic E-state index is -0.930. The number of nitro groups is 1. The van der Waals surface area contributed by atoms with Gasteiger partial charge in [-0.25, -0.2) is 4.79 Å². The number of allylic oxidation sites excluding steroid dienone is 1. The van der Waals surface area contributed by atoms with Crippen molar-refractivity contribution < 1.29 is 28.7 Å². The first-order chi connectivity index (χ1) is 16.1. The molecule has 8 nitrogen and oxygen atoms in total. The van der Waals surface area contributed by atoms with E-state index < -0.39 is 16.7 Å². The van der Waals surface area contributed by atoms with Gasteiger partial charge in [0.15, 0.2) is 5.78 Å². The van der Waals surface area contributed by atoms with Crippen molar-refractivity contribution in [2.75, 3.05) is 13.2 Å². The summed E-state index contributed by atoms with van der Waals surface area (Å²) in [6.45, 7) is 10.0. The van der Waals surface area contributed by atoms with Gasteiger partial charge in [0.25, 0.3) is 5.69 Å². The first-order valence-electron chi connectivity index (χ1n) is 11.1. The standard InChI is InChI=1S/C26H31NO7/c1-19(2)24(28)8-6-18-32-17-5-7-20-9-11-21(12-10-20)26(3,4)34-25(29)33-23-15-13-22(14-16-23)27(30)31/h9-16H,1,5-8,17-18H2,2-4H3. The van der Waals surface area contributed by atoms with E-state index in [1.165, 1.54) is 24.3 Å². The van der Waals surface area contributed by atoms with E-state index in [0.717, 1.165) is 24.0 Å². The highest BCUT2D eigenvalue weighted by Crippen LogP contribution is 2.27. The molecule has 0 aliphatic rings. The van der Waals surface area contributed by atoms with Crippen LogP contribution in [0.2, 0.25) is 0 Å². The Kier molecular flexibility index (Phi) is 9.94. The van der Waals surface area contributed by atoms with E-state index in [1.807, 2.05) is 24.3 Å². The summed E-state index contributed by atoms with van der Waals surface area (Å²) >= 11 is 0. The van der Waals surface area contributed by atoms with Crippen molar-refractivity contribution in [3.05, 3.63) is 81.9 Å². The molecule has 0 fully saturated rings. The summed E-state index contributed by atoms with van der Waals surface area (Å²) in [5, 5.41) is 10.7. The number of carbonyl (C=O) groups is 2. The topological polar surface area (TPSA) is 105 Å². The highest BCUT2D eigenvalue weighted by Gasteiger charge is 2.26. The third-order valence-corrected chi connectivity index (χ3v) is 5.16. The van der Waals surface area contributed by atoms with Gasteiger partial charge in [0.1, 0.15) is 11.4 Å². The van der Waals surface area contributed by atoms with E-state index in [-0.39, 0.29) is 17.2 Å². The molecule has 34 heavy (non-hydrogen) atoms. The van der Waals surface area contributed by atoms with Gasteiger partial charge in [-0.05, 0) is 68.9 Å². The van der Waals surface area contributed by atoms with Crippen LogP contribution in [0.15, 0.2) is 60.7 Å². The molecule has 0 N–H and O–H groups in total. The van der Waals surface area contributed by atoms with E-state index in [9.17, 15) is 19.7 Å². The second-order valence-corrected chi connectivity index (χ2v) is 8.44. The minimum absolute atomic E-state index is 0.0789. The number of ether oxygens (including phenoxy) is 3. The van der Waals surface area contributed by atoms with Crippen LogP contribution in [0.4, 0.5) is 10.5 Å². The van der Waals surface area contributed by atoms with Gasteiger partial charge in [-0.2, -0.15) is 0 Å². The number of Topliss-reactive ketones (excluding diaryl/α,β-unsaturated/α-hetero) is 1. The van der Waals surface area contributed by atoms with Crippen molar-refractivity contribution in [3.8, 4) is 5.75 Å². The van der Waals surface area contributed by atoms with E-state index in [1.54, 1.807) is 20.8 Å². The smallest absolute Gasteiger partial charge is 0.423 e. The monoisotopic (exact) mass is 469 g/mol. The van der Waals surface area contributed by atoms with Crippen LogP contribution in [0.25, 0.3) is 0 Å². The average Bonchev–Trinajstić information content (AvgIpc) is 2.78. The molecule has 2 aromatic carbocycles. The summed E-state index contributed by atoms with van der Waals surface area (Å²) in [7, 11) is 0. The van der Waals surface area contributed by atoms with Crippen LogP contribution < -0.4 is 4.74 Å². The Balaban J connectivity index is 1.75. The van der Waals surface area contributed by atoms with Crippen LogP contribution in [0, 0.1) is 10.1 Å². The molecule has 0 aliphatic carbocycles. The number of hydrogen-bond donors (Lipinski definition) is 0. The van der Waals surface area contributed by atoms with Crippen molar-refractivity contribution >= 4 is 17.6 Å². The fourth-order valence-electron chi connectivity index (χ4n) is 3.12. The van der Waals surface area contributed by atoms with Crippen molar-refractivity contribution in [2.24, 2.45) is 0 Å². The van der Waals surface area contributed by atoms with Crippen LogP contribution in [-0.4, -0.2) is 30.1 Å². The third kappa shape index (κ3) is 8.78. The molecule has 182 valence electrons. The molecular weight excluding hydrogens is 438 g/mol. The fraction of sp³-hybridized carbons (Fsp3) is 0.385. The zero-order chi connectivity index (χ0) is 25.1. The number of ketones is 1. The molecule has 0 bridgehead atoms. The Hall–Kier alpha value is -3.52. The van der Waals surface area contributed by atoms with Gasteiger partial charge in [0.05, 0.1) is 4.92 Å². The van der Waals surface area contributed by atoms with Gasteiger partial charge in [-0.1, -0.05) is 30.8 Å². The quantitative estimate of drug-likeness (QED) is 0.0895. The summed E-state index contributed by atoms with van der Waals surface area (Å²) < 4.78 is 16.2. The van der Waals surface area contributed by atoms with Crippen LogP contribution in [0.3, 0.4) is 0 Å². The molecule has 0 amide bonds. The Bertz CT molecular complexity index is 995. The molecule has 8 heteroatoms. The van der Waals surface area contributed by atoms with Crippen LogP contribution >= 0.6 is 0 Å². The number of nitro benzene ring substituents is 1. The summed E-state index contributed by atoms with van der Waals surface area (Å²) in [5.74, 6) is 0.238. The Morgan fingerprint density at radius 1 is 1.00 bits per heavy atom. The third-order valence-electron chi connectivity index (χ3n) is 5.16. The molecule has 0 radical (unpaired) electrons. The van der Waals surface area contributed by atoms with E-state index in [0.29, 0.717) is 31.6 Å². The lowest BCUT2D eigenvalue weighted by Gasteiger charge is -2.25. The number of carbonyl (C=O) groups excluding carboxylic acids is 2. The number of nitrogens with zero attached hydrogens (tertiary/aromatic N) is 1. The molecule has 2 rings (SSSR count). The second kappa shape index (κ2) is 12.6. The Morgan fingerprint density at radius 3 is 2.21 bits per heavy atom. The number of benzene rings is 2. The molecule has 0 saturated carbocycles. The van der Waals surface area contributed by atoms with Gasteiger partial charge in [-0.15, -0.1) is 0 Å². The molecule has 0 saturated heterocycles. The lowest BCUT2D eigenvalue weighted by Crippen LogP contribution is -2.27. The maximum Gasteiger partial charge on any atom is 0.514 e. The molecule has 0 spiro atoms. The Labute approximate surface area is 199 Å². The molecule has 0 unspecified atom stereocenters. The van der Waals surface area contributed by atoms with E-state index in [2.05, 4.69) is 6.58 Å². The molecule has 0 aliphatic heterocycles. The zero-order valence-electron chi connectivity index (χ0n) is 19.9. The lowest BCUT2D eigenvalue weighted by molar-refractivity contribution is -0.384. The first-order valence-corrected chi connectivity index (χ1v) is 11.1. The summed E-state index contributed by atoms with van der Waals surface area (Å²) in [4.78, 5) is 33.8. The van der Waals surface area contributed by atoms with Crippen LogP contribution in [0.5, 0.6) is 5.75 Å². The van der Waals surface area contributed by atoms with Gasteiger partial charge in [-0.3, -0.25) is 14.9 Å². The number of hydrogen-bond acceptors (Lipinski definition) is 7. The normalized spacial score (nSPS) is 11.0. The van der Waals surface area contributed by atoms with Crippen molar-refractivity contribution in [1.29, 1.82) is 0 Å². The van der Waals surface area contributed by atoms with Crippen molar-refractivity contribution in [3.63, 3.8) is 0 Å². The highest BCUT2D eigenvalue weighted by atomic mass is 16.7. The lowest BCUT2D eigenvalue weighted by atomic mass is 9.96. The zero-order valence-corrected chi connectivity index (χ0v) is 19.9. The first kappa shape index (κ1) is 26.7. The van der Waals surface area contributed by atoms with E-state index >= 15 is 0 Å². The van der Waals surface area contributed by atoms with E-state index in [4.69, 9.17) is 14.2 Å². The molecule has 0 heterocycles. The van der Waals surface area contributed by atoms with Crippen LogP contribution in [-0.2, 0) is 26.3 Å². The maximum atomic E-state index is 12.2. The average molecular weight is 470 g/mol. The number of aryl methyl sites for hydroxylation is 1. The molecule has 0 aromatic heterocycles. The summed E-state index contributed by atoms with van der Waals surface area (Å²) in [5.41, 5.74) is 1.49. The minimum Gasteiger partial charge on any atom is -0.423 e. The molecular formula is C26H31NO7. The predicted octanol–water partition coefficient (Wildman–Crippen LogP) is 5.92. The predicted molar refractivity (Wildman–Crippen MR) is 128 cm³/mol. The van der Waals surface area contributed by atoms with Gasteiger partial charge in [0, 0.05) is 31.8 Å². The highest BCUT2D eigenvalue weighted by molar-refractivity contribution is 5.93. The summed E-state index contributed by atoms with van der Waals surface area (Å²) in [6, 6.07) is 12.9. The van der Waals surface area contributed by atoms with Gasteiger partial charge in [0.2, 0.25) is 0 Å². The SMILES string of the molecule is C=C(C)C(=O)CCCOCCCc1ccc(C(C)(C)OC(=O)Oc2ccc([N+](=O)[O-])cc2)cc1. The second-order valence-electron chi connectivity index (χ2n) is 8.44. The van der Waals surface area contributed by atoms with Gasteiger partial charge < -0.3 is 14.2 Å². The van der Waals surface area contributed by atoms with Crippen molar-refractivity contribution in [2.45, 2.75) is 52.1 Å². The largest absolute Gasteiger partial charge is 0.514 e. The molecule has 2 aromatic rings. The Morgan fingerprint density at radius 2 is 1.62 bits per heavy atom. The number of rotatable bonds is 13. The van der Waals surface area contributed by atoms with Crippen molar-refractivity contribution in [1.82, 2.24) is 0 Å². The fourth-order valence-corrected chi connectivity index (χ4v) is 3.12. The maximum absolute atomic E-state index is 12.2. The summed E-state index contributed by atoms with van der Waals surface area (Å²) in [6.07, 6.45) is 1.96. The van der Waals surface area contributed by atoms with Gasteiger partial charge >= 0.3 is 6.16 Å².